The van der Waals surface area contributed by atoms with Crippen LogP contribution in [0.2, 0.25) is 0 Å². The molecule has 144 valence electrons. The molecule has 24 heavy (non-hydrogen) atoms. The first kappa shape index (κ1) is 22.0. The first-order chi connectivity index (χ1) is 11.8. The molecule has 0 N–H and O–H groups in total. The van der Waals surface area contributed by atoms with E-state index in [0.717, 1.165) is 6.61 Å². The summed E-state index contributed by atoms with van der Waals surface area (Å²) in [5.41, 5.74) is 0. The van der Waals surface area contributed by atoms with Gasteiger partial charge in [0.1, 0.15) is 0 Å². The highest BCUT2D eigenvalue weighted by Gasteiger charge is 2.20. The van der Waals surface area contributed by atoms with E-state index in [0.29, 0.717) is 6.10 Å². The standard InChI is InChI=1S/C22H45NO/c1-23(2)20-18-16-14-12-10-8-6-4-3-5-7-9-11-13-15-17-19-22-21-24-22/h22H,3-21H2,1-2H3. The van der Waals surface area contributed by atoms with Gasteiger partial charge in [-0.1, -0.05) is 96.3 Å². The van der Waals surface area contributed by atoms with Gasteiger partial charge in [-0.2, -0.15) is 0 Å². The van der Waals surface area contributed by atoms with Crippen LogP contribution in [0.4, 0.5) is 0 Å². The van der Waals surface area contributed by atoms with E-state index in [9.17, 15) is 0 Å². The van der Waals surface area contributed by atoms with Gasteiger partial charge in [0.2, 0.25) is 0 Å². The lowest BCUT2D eigenvalue weighted by molar-refractivity contribution is 0.387. The number of unbranched alkanes of at least 4 members (excludes halogenated alkanes) is 15. The summed E-state index contributed by atoms with van der Waals surface area (Å²) >= 11 is 0. The Balaban J connectivity index is 1.60. The molecular formula is C22H45NO. The molecule has 0 amide bonds. The zero-order valence-corrected chi connectivity index (χ0v) is 16.9. The molecule has 0 saturated carbocycles. The summed E-state index contributed by atoms with van der Waals surface area (Å²) in [6.45, 7) is 2.30. The minimum atomic E-state index is 0.646. The van der Waals surface area contributed by atoms with Gasteiger partial charge in [0, 0.05) is 0 Å². The Bertz CT molecular complexity index is 232. The maximum atomic E-state index is 5.24. The van der Waals surface area contributed by atoms with Crippen LogP contribution in [0.3, 0.4) is 0 Å². The van der Waals surface area contributed by atoms with Gasteiger partial charge < -0.3 is 9.64 Å². The zero-order valence-electron chi connectivity index (χ0n) is 16.9. The van der Waals surface area contributed by atoms with E-state index in [-0.39, 0.29) is 0 Å². The van der Waals surface area contributed by atoms with E-state index >= 15 is 0 Å². The zero-order chi connectivity index (χ0) is 17.3. The van der Waals surface area contributed by atoms with Crippen LogP contribution in [0.25, 0.3) is 0 Å². The van der Waals surface area contributed by atoms with Crippen LogP contribution in [0.15, 0.2) is 0 Å². The third-order valence-electron chi connectivity index (χ3n) is 5.28. The third-order valence-corrected chi connectivity index (χ3v) is 5.28. The minimum Gasteiger partial charge on any atom is -0.373 e. The molecule has 1 unspecified atom stereocenters. The van der Waals surface area contributed by atoms with Crippen LogP contribution in [0.1, 0.15) is 109 Å². The van der Waals surface area contributed by atoms with Crippen LogP contribution >= 0.6 is 0 Å². The van der Waals surface area contributed by atoms with Gasteiger partial charge in [-0.15, -0.1) is 0 Å². The molecule has 0 aliphatic carbocycles. The fourth-order valence-corrected chi connectivity index (χ4v) is 3.51. The van der Waals surface area contributed by atoms with Crippen molar-refractivity contribution < 1.29 is 4.74 Å². The molecule has 1 heterocycles. The largest absolute Gasteiger partial charge is 0.373 e. The van der Waals surface area contributed by atoms with E-state index in [2.05, 4.69) is 19.0 Å². The van der Waals surface area contributed by atoms with Crippen LogP contribution in [-0.4, -0.2) is 38.3 Å². The maximum Gasteiger partial charge on any atom is 0.0810 e. The quantitative estimate of drug-likeness (QED) is 0.195. The van der Waals surface area contributed by atoms with Crippen LogP contribution < -0.4 is 0 Å². The van der Waals surface area contributed by atoms with Crippen molar-refractivity contribution in [3.05, 3.63) is 0 Å². The SMILES string of the molecule is CN(C)CCCCCCCCCCCCCCCCCCC1CO1. The molecule has 2 heteroatoms. The Morgan fingerprint density at radius 2 is 0.917 bits per heavy atom. The second-order valence-corrected chi connectivity index (χ2v) is 8.20. The van der Waals surface area contributed by atoms with Crippen molar-refractivity contribution in [1.82, 2.24) is 4.90 Å². The number of nitrogens with zero attached hydrogens (tertiary/aromatic N) is 1. The molecule has 0 spiro atoms. The highest BCUT2D eigenvalue weighted by molar-refractivity contribution is 4.68. The van der Waals surface area contributed by atoms with Crippen LogP contribution in [0.5, 0.6) is 0 Å². The van der Waals surface area contributed by atoms with E-state index < -0.39 is 0 Å². The molecule has 0 aromatic heterocycles. The molecule has 2 nitrogen and oxygen atoms in total. The third kappa shape index (κ3) is 16.8. The van der Waals surface area contributed by atoms with E-state index in [1.54, 1.807) is 0 Å². The molecule has 1 aliphatic heterocycles. The average Bonchev–Trinajstić information content (AvgIpc) is 3.37. The van der Waals surface area contributed by atoms with E-state index in [1.807, 2.05) is 0 Å². The second kappa shape index (κ2) is 16.4. The monoisotopic (exact) mass is 339 g/mol. The summed E-state index contributed by atoms with van der Waals surface area (Å²) in [5, 5.41) is 0. The van der Waals surface area contributed by atoms with E-state index in [4.69, 9.17) is 4.74 Å². The smallest absolute Gasteiger partial charge is 0.0810 e. The van der Waals surface area contributed by atoms with Crippen molar-refractivity contribution >= 4 is 0 Å². The molecule has 1 atom stereocenters. The summed E-state index contributed by atoms with van der Waals surface area (Å²) in [7, 11) is 4.35. The predicted molar refractivity (Wildman–Crippen MR) is 107 cm³/mol. The predicted octanol–water partition coefficient (Wildman–Crippen LogP) is 6.58. The molecule has 1 aliphatic rings. The van der Waals surface area contributed by atoms with Crippen LogP contribution in [0, 0.1) is 0 Å². The Labute approximate surface area is 152 Å². The van der Waals surface area contributed by atoms with Crippen molar-refractivity contribution in [3.63, 3.8) is 0 Å². The molecule has 1 fully saturated rings. The highest BCUT2D eigenvalue weighted by atomic mass is 16.6. The van der Waals surface area contributed by atoms with Gasteiger partial charge in [0.25, 0.3) is 0 Å². The van der Waals surface area contributed by atoms with Gasteiger partial charge in [-0.25, -0.2) is 0 Å². The number of rotatable bonds is 19. The fourth-order valence-electron chi connectivity index (χ4n) is 3.51. The van der Waals surface area contributed by atoms with Gasteiger partial charge in [-0.3, -0.25) is 0 Å². The van der Waals surface area contributed by atoms with Crippen molar-refractivity contribution in [1.29, 1.82) is 0 Å². The number of ether oxygens (including phenoxy) is 1. The summed E-state index contributed by atoms with van der Waals surface area (Å²) in [4.78, 5) is 2.30. The van der Waals surface area contributed by atoms with Gasteiger partial charge in [0.05, 0.1) is 12.7 Å². The maximum absolute atomic E-state index is 5.24. The molecule has 0 aromatic rings. The lowest BCUT2D eigenvalue weighted by Crippen LogP contribution is -2.12. The lowest BCUT2D eigenvalue weighted by Gasteiger charge is -2.08. The summed E-state index contributed by atoms with van der Waals surface area (Å²) in [6.07, 6.45) is 25.2. The first-order valence-corrected chi connectivity index (χ1v) is 11.1. The number of hydrogen-bond acceptors (Lipinski definition) is 2. The van der Waals surface area contributed by atoms with Crippen LogP contribution in [-0.2, 0) is 4.74 Å². The van der Waals surface area contributed by atoms with Crippen molar-refractivity contribution in [3.8, 4) is 0 Å². The number of hydrogen-bond donors (Lipinski definition) is 0. The second-order valence-electron chi connectivity index (χ2n) is 8.20. The van der Waals surface area contributed by atoms with Gasteiger partial charge in [0.15, 0.2) is 0 Å². The van der Waals surface area contributed by atoms with Gasteiger partial charge >= 0.3 is 0 Å². The summed E-state index contributed by atoms with van der Waals surface area (Å²) < 4.78 is 5.24. The topological polar surface area (TPSA) is 15.8 Å². The number of epoxide rings is 1. The van der Waals surface area contributed by atoms with Crippen molar-refractivity contribution in [2.45, 2.75) is 115 Å². The molecule has 1 rings (SSSR count). The molecule has 0 bridgehead atoms. The molecule has 0 aromatic carbocycles. The minimum absolute atomic E-state index is 0.646. The Hall–Kier alpha value is -0.0800. The average molecular weight is 340 g/mol. The Morgan fingerprint density at radius 3 is 1.25 bits per heavy atom. The Kier molecular flexibility index (Phi) is 15.0. The lowest BCUT2D eigenvalue weighted by atomic mass is 10.0. The van der Waals surface area contributed by atoms with Gasteiger partial charge in [-0.05, 0) is 33.5 Å². The van der Waals surface area contributed by atoms with E-state index in [1.165, 1.54) is 116 Å². The fraction of sp³-hybridized carbons (Fsp3) is 1.00. The molecular weight excluding hydrogens is 294 g/mol. The Morgan fingerprint density at radius 1 is 0.583 bits per heavy atom. The summed E-state index contributed by atoms with van der Waals surface area (Å²) in [6, 6.07) is 0. The van der Waals surface area contributed by atoms with Crippen molar-refractivity contribution in [2.75, 3.05) is 27.2 Å². The first-order valence-electron chi connectivity index (χ1n) is 11.1. The molecule has 1 saturated heterocycles. The summed E-state index contributed by atoms with van der Waals surface area (Å²) in [5.74, 6) is 0. The molecule has 0 radical (unpaired) electrons. The highest BCUT2D eigenvalue weighted by Crippen LogP contribution is 2.18. The normalized spacial score (nSPS) is 16.9. The van der Waals surface area contributed by atoms with Crippen molar-refractivity contribution in [2.24, 2.45) is 0 Å².